The average molecular weight is 595 g/mol. The van der Waals surface area contributed by atoms with Gasteiger partial charge < -0.3 is 23.7 Å². The van der Waals surface area contributed by atoms with Gasteiger partial charge in [-0.3, -0.25) is 4.79 Å². The minimum atomic E-state index is -2.74. The highest BCUT2D eigenvalue weighted by atomic mass is 28.4. The molecule has 1 unspecified atom stereocenters. The fourth-order valence-electron chi connectivity index (χ4n) is 6.70. The molecule has 0 amide bonds. The van der Waals surface area contributed by atoms with Crippen molar-refractivity contribution >= 4 is 24.7 Å². The Morgan fingerprint density at radius 3 is 2.24 bits per heavy atom. The van der Waals surface area contributed by atoms with Crippen LogP contribution in [0.25, 0.3) is 0 Å². The third kappa shape index (κ3) is 8.00. The molecule has 2 fully saturated rings. The predicted octanol–water partition coefficient (Wildman–Crippen LogP) is 5.76. The Bertz CT molecular complexity index is 1070. The van der Waals surface area contributed by atoms with E-state index in [4.69, 9.17) is 18.6 Å². The second-order valence-electron chi connectivity index (χ2n) is 12.8. The van der Waals surface area contributed by atoms with Gasteiger partial charge in [-0.1, -0.05) is 93.6 Å². The molecule has 230 valence electrons. The first-order valence-electron chi connectivity index (χ1n) is 15.7. The van der Waals surface area contributed by atoms with Crippen molar-refractivity contribution in [3.05, 3.63) is 72.8 Å². The van der Waals surface area contributed by atoms with E-state index in [1.807, 2.05) is 0 Å². The van der Waals surface area contributed by atoms with Gasteiger partial charge in [0.25, 0.3) is 8.32 Å². The Hall–Kier alpha value is -2.29. The van der Waals surface area contributed by atoms with Gasteiger partial charge in [-0.15, -0.1) is 0 Å². The molecule has 1 N–H and O–H groups in total. The third-order valence-corrected chi connectivity index (χ3v) is 13.9. The number of methoxy groups -OCH3 is 1. The van der Waals surface area contributed by atoms with Gasteiger partial charge in [-0.25, -0.2) is 0 Å². The average Bonchev–Trinajstić information content (AvgIpc) is 3.29. The Balaban J connectivity index is 1.59. The van der Waals surface area contributed by atoms with Gasteiger partial charge in [0.15, 0.2) is 6.29 Å². The number of esters is 1. The number of aliphatic hydroxyl groups excluding tert-OH is 1. The zero-order valence-electron chi connectivity index (χ0n) is 25.9. The van der Waals surface area contributed by atoms with Crippen molar-refractivity contribution in [2.45, 2.75) is 95.7 Å². The highest BCUT2D eigenvalue weighted by Crippen LogP contribution is 2.42. The second-order valence-corrected chi connectivity index (χ2v) is 17.1. The van der Waals surface area contributed by atoms with Crippen LogP contribution in [0.4, 0.5) is 0 Å². The lowest BCUT2D eigenvalue weighted by Crippen LogP contribution is -2.67. The number of benzene rings is 2. The third-order valence-electron chi connectivity index (χ3n) is 8.92. The smallest absolute Gasteiger partial charge is 0.305 e. The van der Waals surface area contributed by atoms with Gasteiger partial charge >= 0.3 is 5.97 Å². The van der Waals surface area contributed by atoms with E-state index in [0.717, 1.165) is 45.1 Å². The van der Waals surface area contributed by atoms with Gasteiger partial charge in [-0.2, -0.15) is 0 Å². The first-order chi connectivity index (χ1) is 20.3. The molecule has 2 aromatic rings. The quantitative estimate of drug-likeness (QED) is 0.138. The number of ether oxygens (including phenoxy) is 3. The van der Waals surface area contributed by atoms with Crippen molar-refractivity contribution in [2.24, 2.45) is 11.8 Å². The normalized spacial score (nSPS) is 25.1. The number of carbonyl (C=O) groups excluding carboxylic acids is 1. The van der Waals surface area contributed by atoms with Crippen molar-refractivity contribution in [3.8, 4) is 0 Å². The maximum absolute atomic E-state index is 11.5. The van der Waals surface area contributed by atoms with Crippen LogP contribution in [0, 0.1) is 11.8 Å². The number of unbranched alkanes of at least 4 members (excludes halogenated alkanes) is 1. The lowest BCUT2D eigenvalue weighted by molar-refractivity contribution is -0.197. The molecule has 6 nitrogen and oxygen atoms in total. The molecule has 1 saturated heterocycles. The van der Waals surface area contributed by atoms with E-state index in [1.165, 1.54) is 17.5 Å². The fourth-order valence-corrected chi connectivity index (χ4v) is 11.3. The van der Waals surface area contributed by atoms with E-state index >= 15 is 0 Å². The summed E-state index contributed by atoms with van der Waals surface area (Å²) in [5, 5.41) is 13.7. The summed E-state index contributed by atoms with van der Waals surface area (Å²) in [5.74, 6) is -0.152. The minimum absolute atomic E-state index is 0.00802. The highest BCUT2D eigenvalue weighted by molar-refractivity contribution is 6.99. The Morgan fingerprint density at radius 1 is 1.00 bits per heavy atom. The molecule has 1 aliphatic carbocycles. The molecule has 7 heteroatoms. The van der Waals surface area contributed by atoms with Crippen molar-refractivity contribution in [1.82, 2.24) is 0 Å². The largest absolute Gasteiger partial charge is 0.469 e. The molecule has 0 spiro atoms. The van der Waals surface area contributed by atoms with Crippen LogP contribution in [-0.4, -0.2) is 58.2 Å². The van der Waals surface area contributed by atoms with Crippen molar-refractivity contribution in [3.63, 3.8) is 0 Å². The Morgan fingerprint density at radius 2 is 1.67 bits per heavy atom. The van der Waals surface area contributed by atoms with Crippen LogP contribution in [-0.2, 0) is 23.4 Å². The zero-order valence-corrected chi connectivity index (χ0v) is 26.9. The van der Waals surface area contributed by atoms with Gasteiger partial charge in [0.2, 0.25) is 0 Å². The molecule has 0 radical (unpaired) electrons. The molecule has 1 saturated carbocycles. The first-order valence-corrected chi connectivity index (χ1v) is 17.6. The maximum atomic E-state index is 11.5. The standard InChI is InChI=1S/C35H50O6Si/c1-35(2,3)42(27-17-9-7-10-18-27,28-19-11-8-12-20-28)40-26-30-29(21-13-5-6-14-22-33(37)38-4)31(36)25-32(30)41-34-23-15-16-24-39-34/h5,7-13,17-20,29-32,34,36H,6,14-16,21-26H2,1-4H3/b13-5-/t29-,30-,31+,32+,34?/m0/s1. The van der Waals surface area contributed by atoms with Gasteiger partial charge in [-0.05, 0) is 59.9 Å². The van der Waals surface area contributed by atoms with Crippen LogP contribution in [0.2, 0.25) is 5.04 Å². The molecule has 1 aliphatic heterocycles. The molecule has 2 aliphatic rings. The SMILES string of the molecule is COC(=O)CCC/C=C\C[C@H]1[C@H](CO[Si](c2ccccc2)(c2ccccc2)C(C)(C)C)[C@H](OC2CCCCO2)C[C@H]1O. The number of hydrogen-bond donors (Lipinski definition) is 1. The molecular weight excluding hydrogens is 544 g/mol. The predicted molar refractivity (Wildman–Crippen MR) is 169 cm³/mol. The number of rotatable bonds is 13. The summed E-state index contributed by atoms with van der Waals surface area (Å²) in [6, 6.07) is 21.4. The molecule has 42 heavy (non-hydrogen) atoms. The summed E-state index contributed by atoms with van der Waals surface area (Å²) < 4.78 is 24.7. The van der Waals surface area contributed by atoms with E-state index in [2.05, 4.69) is 93.6 Å². The summed E-state index contributed by atoms with van der Waals surface area (Å²) in [4.78, 5) is 11.5. The molecule has 1 heterocycles. The summed E-state index contributed by atoms with van der Waals surface area (Å²) in [5.41, 5.74) is 0. The molecule has 5 atom stereocenters. The number of hydrogen-bond acceptors (Lipinski definition) is 6. The zero-order chi connectivity index (χ0) is 30.0. The molecule has 4 rings (SSSR count). The number of allylic oxidation sites excluding steroid dienone is 2. The van der Waals surface area contributed by atoms with Gasteiger partial charge in [0, 0.05) is 32.0 Å². The highest BCUT2D eigenvalue weighted by Gasteiger charge is 2.52. The molecular formula is C35H50O6Si. The summed E-state index contributed by atoms with van der Waals surface area (Å²) >= 11 is 0. The lowest BCUT2D eigenvalue weighted by Gasteiger charge is -2.44. The Kier molecular flexibility index (Phi) is 12.0. The van der Waals surface area contributed by atoms with E-state index in [-0.39, 0.29) is 35.2 Å². The van der Waals surface area contributed by atoms with Crippen LogP contribution in [0.15, 0.2) is 72.8 Å². The van der Waals surface area contributed by atoms with E-state index in [0.29, 0.717) is 19.4 Å². The summed E-state index contributed by atoms with van der Waals surface area (Å²) in [6.07, 6.45) is 9.77. The summed E-state index contributed by atoms with van der Waals surface area (Å²) in [7, 11) is -1.32. The first kappa shape index (κ1) is 32.6. The Labute approximate surface area is 253 Å². The monoisotopic (exact) mass is 594 g/mol. The van der Waals surface area contributed by atoms with Crippen molar-refractivity contribution in [1.29, 1.82) is 0 Å². The van der Waals surface area contributed by atoms with E-state index in [1.54, 1.807) is 0 Å². The number of carbonyl (C=O) groups is 1. The fraction of sp³-hybridized carbons (Fsp3) is 0.571. The molecule has 0 aromatic heterocycles. The second kappa shape index (κ2) is 15.4. The van der Waals surface area contributed by atoms with Crippen molar-refractivity contribution < 1.29 is 28.5 Å². The van der Waals surface area contributed by atoms with Crippen LogP contribution in [0.3, 0.4) is 0 Å². The van der Waals surface area contributed by atoms with E-state index in [9.17, 15) is 9.90 Å². The number of aliphatic hydroxyl groups is 1. The maximum Gasteiger partial charge on any atom is 0.305 e. The molecule has 0 bridgehead atoms. The van der Waals surface area contributed by atoms with Crippen LogP contribution >= 0.6 is 0 Å². The minimum Gasteiger partial charge on any atom is -0.469 e. The summed E-state index contributed by atoms with van der Waals surface area (Å²) in [6.45, 7) is 8.10. The van der Waals surface area contributed by atoms with Crippen LogP contribution < -0.4 is 10.4 Å². The van der Waals surface area contributed by atoms with Crippen LogP contribution in [0.1, 0.15) is 72.1 Å². The van der Waals surface area contributed by atoms with E-state index < -0.39 is 14.4 Å². The van der Waals surface area contributed by atoms with Crippen LogP contribution in [0.5, 0.6) is 0 Å². The van der Waals surface area contributed by atoms with Crippen molar-refractivity contribution in [2.75, 3.05) is 20.3 Å². The lowest BCUT2D eigenvalue weighted by atomic mass is 9.91. The molecule has 2 aromatic carbocycles. The van der Waals surface area contributed by atoms with Gasteiger partial charge in [0.1, 0.15) is 0 Å². The van der Waals surface area contributed by atoms with Gasteiger partial charge in [0.05, 0.1) is 19.3 Å². The topological polar surface area (TPSA) is 74.2 Å².